The van der Waals surface area contributed by atoms with E-state index in [4.69, 9.17) is 0 Å². The monoisotopic (exact) mass is 313 g/mol. The quantitative estimate of drug-likeness (QED) is 0.885. The Morgan fingerprint density at radius 1 is 1.35 bits per heavy atom. The summed E-state index contributed by atoms with van der Waals surface area (Å²) >= 11 is 4.17. The van der Waals surface area contributed by atoms with E-state index in [1.807, 2.05) is 13.0 Å². The molecule has 0 bridgehead atoms. The maximum absolute atomic E-state index is 13.2. The van der Waals surface area contributed by atoms with E-state index in [-0.39, 0.29) is 5.82 Å². The summed E-state index contributed by atoms with van der Waals surface area (Å²) in [5.74, 6) is 2.36. The van der Waals surface area contributed by atoms with Crippen molar-refractivity contribution in [3.8, 4) is 0 Å². The van der Waals surface area contributed by atoms with Crippen LogP contribution in [0.25, 0.3) is 0 Å². The minimum absolute atomic E-state index is 0.137. The third-order valence-corrected chi connectivity index (χ3v) is 7.10. The van der Waals surface area contributed by atoms with Crippen LogP contribution in [0.4, 0.5) is 4.39 Å². The van der Waals surface area contributed by atoms with E-state index >= 15 is 0 Å². The van der Waals surface area contributed by atoms with Crippen LogP contribution in [0.15, 0.2) is 18.2 Å². The number of rotatable bonds is 5. The van der Waals surface area contributed by atoms with Crippen LogP contribution in [0.2, 0.25) is 0 Å². The Hall–Kier alpha value is -0.190. The van der Waals surface area contributed by atoms with Gasteiger partial charge in [0, 0.05) is 28.0 Å². The normalized spacial score (nSPS) is 24.6. The molecule has 112 valence electrons. The maximum atomic E-state index is 13.2. The molecule has 1 N–H and O–H groups in total. The Labute approximate surface area is 130 Å². The molecule has 3 atom stereocenters. The summed E-state index contributed by atoms with van der Waals surface area (Å²) in [6.07, 6.45) is 0.989. The fourth-order valence-corrected chi connectivity index (χ4v) is 5.74. The molecule has 0 saturated carbocycles. The molecule has 0 spiro atoms. The summed E-state index contributed by atoms with van der Waals surface area (Å²) in [5, 5.41) is 4.96. The Kier molecular flexibility index (Phi) is 6.24. The largest absolute Gasteiger partial charge is 0.313 e. The molecule has 1 aliphatic rings. The van der Waals surface area contributed by atoms with Gasteiger partial charge in [-0.3, -0.25) is 0 Å². The minimum Gasteiger partial charge on any atom is -0.313 e. The van der Waals surface area contributed by atoms with E-state index in [1.165, 1.54) is 17.1 Å². The highest BCUT2D eigenvalue weighted by atomic mass is 32.2. The van der Waals surface area contributed by atoms with Gasteiger partial charge >= 0.3 is 0 Å². The molecule has 20 heavy (non-hydrogen) atoms. The summed E-state index contributed by atoms with van der Waals surface area (Å²) in [7, 11) is 0. The van der Waals surface area contributed by atoms with E-state index in [0.717, 1.165) is 18.5 Å². The first-order valence-corrected chi connectivity index (χ1v) is 9.43. The number of halogens is 1. The average Bonchev–Trinajstić information content (AvgIpc) is 2.42. The van der Waals surface area contributed by atoms with E-state index in [2.05, 4.69) is 42.7 Å². The summed E-state index contributed by atoms with van der Waals surface area (Å²) < 4.78 is 13.2. The van der Waals surface area contributed by atoms with Gasteiger partial charge in [-0.15, -0.1) is 0 Å². The van der Waals surface area contributed by atoms with E-state index in [9.17, 15) is 4.39 Å². The van der Waals surface area contributed by atoms with Gasteiger partial charge in [-0.05, 0) is 43.1 Å². The minimum atomic E-state index is -0.137. The van der Waals surface area contributed by atoms with Crippen LogP contribution >= 0.6 is 23.5 Å². The van der Waals surface area contributed by atoms with E-state index < -0.39 is 0 Å². The highest BCUT2D eigenvalue weighted by Crippen LogP contribution is 2.34. The van der Waals surface area contributed by atoms with Crippen molar-refractivity contribution < 1.29 is 4.39 Å². The number of thioether (sulfide) groups is 2. The lowest BCUT2D eigenvalue weighted by Gasteiger charge is -2.35. The number of hydrogen-bond acceptors (Lipinski definition) is 3. The number of aryl methyl sites for hydroxylation is 1. The molecule has 0 aromatic heterocycles. The fraction of sp³-hybridized carbons (Fsp3) is 0.625. The van der Waals surface area contributed by atoms with Gasteiger partial charge in [-0.25, -0.2) is 4.39 Å². The second-order valence-electron chi connectivity index (χ2n) is 5.35. The van der Waals surface area contributed by atoms with Crippen molar-refractivity contribution in [3.63, 3.8) is 0 Å². The lowest BCUT2D eigenvalue weighted by Crippen LogP contribution is -2.45. The topological polar surface area (TPSA) is 12.0 Å². The molecule has 0 aliphatic carbocycles. The standard InChI is InChI=1S/C16H24FNS2/c1-4-18-15(16-12(3)19-7-8-20-16)10-13-5-6-14(17)9-11(13)2/h5-6,9,12,15-16,18H,4,7-8,10H2,1-3H3. The van der Waals surface area contributed by atoms with Gasteiger partial charge in [-0.1, -0.05) is 19.9 Å². The van der Waals surface area contributed by atoms with Crippen molar-refractivity contribution >= 4 is 23.5 Å². The molecule has 1 aromatic rings. The van der Waals surface area contributed by atoms with Gasteiger partial charge in [0.1, 0.15) is 5.82 Å². The lowest BCUT2D eigenvalue weighted by molar-refractivity contribution is 0.499. The van der Waals surface area contributed by atoms with Crippen LogP contribution in [0.3, 0.4) is 0 Å². The molecule has 1 aliphatic heterocycles. The molecule has 1 aromatic carbocycles. The van der Waals surface area contributed by atoms with Gasteiger partial charge in [0.2, 0.25) is 0 Å². The van der Waals surface area contributed by atoms with Crippen LogP contribution in [0, 0.1) is 12.7 Å². The second kappa shape index (κ2) is 7.71. The highest BCUT2D eigenvalue weighted by Gasteiger charge is 2.30. The molecule has 1 nitrogen and oxygen atoms in total. The molecule has 1 saturated heterocycles. The SMILES string of the molecule is CCNC(Cc1ccc(F)cc1C)C1SCCSC1C. The van der Waals surface area contributed by atoms with Crippen molar-refractivity contribution in [2.24, 2.45) is 0 Å². The third kappa shape index (κ3) is 4.15. The van der Waals surface area contributed by atoms with E-state index in [0.29, 0.717) is 16.5 Å². The molecule has 1 fully saturated rings. The van der Waals surface area contributed by atoms with Crippen LogP contribution in [0.5, 0.6) is 0 Å². The molecule has 3 unspecified atom stereocenters. The van der Waals surface area contributed by atoms with Gasteiger partial charge in [0.15, 0.2) is 0 Å². The van der Waals surface area contributed by atoms with Crippen molar-refractivity contribution in [2.75, 3.05) is 18.1 Å². The van der Waals surface area contributed by atoms with Gasteiger partial charge < -0.3 is 5.32 Å². The first-order chi connectivity index (χ1) is 9.61. The molecule has 0 radical (unpaired) electrons. The van der Waals surface area contributed by atoms with Crippen molar-refractivity contribution in [3.05, 3.63) is 35.1 Å². The molecular formula is C16H24FNS2. The van der Waals surface area contributed by atoms with Gasteiger partial charge in [0.25, 0.3) is 0 Å². The van der Waals surface area contributed by atoms with Crippen LogP contribution < -0.4 is 5.32 Å². The molecule has 2 rings (SSSR count). The van der Waals surface area contributed by atoms with Gasteiger partial charge in [-0.2, -0.15) is 23.5 Å². The predicted octanol–water partition coefficient (Wildman–Crippen LogP) is 3.89. The highest BCUT2D eigenvalue weighted by molar-refractivity contribution is 8.07. The van der Waals surface area contributed by atoms with Crippen LogP contribution in [-0.2, 0) is 6.42 Å². The lowest BCUT2D eigenvalue weighted by atomic mass is 9.97. The fourth-order valence-electron chi connectivity index (χ4n) is 2.78. The van der Waals surface area contributed by atoms with E-state index in [1.54, 1.807) is 12.1 Å². The summed E-state index contributed by atoms with van der Waals surface area (Å²) in [6, 6.07) is 5.64. The summed E-state index contributed by atoms with van der Waals surface area (Å²) in [5.41, 5.74) is 2.33. The Bertz CT molecular complexity index is 438. The Morgan fingerprint density at radius 3 is 2.75 bits per heavy atom. The zero-order chi connectivity index (χ0) is 14.5. The van der Waals surface area contributed by atoms with Crippen LogP contribution in [-0.4, -0.2) is 34.6 Å². The first kappa shape index (κ1) is 16.2. The average molecular weight is 314 g/mol. The Morgan fingerprint density at radius 2 is 2.10 bits per heavy atom. The number of likely N-dealkylation sites (N-methyl/N-ethyl adjacent to an activating group) is 1. The predicted molar refractivity (Wildman–Crippen MR) is 90.5 cm³/mol. The maximum Gasteiger partial charge on any atom is 0.123 e. The molecule has 1 heterocycles. The molecular weight excluding hydrogens is 289 g/mol. The molecule has 0 amide bonds. The number of hydrogen-bond donors (Lipinski definition) is 1. The first-order valence-electron chi connectivity index (χ1n) is 7.33. The van der Waals surface area contributed by atoms with Crippen molar-refractivity contribution in [1.29, 1.82) is 0 Å². The van der Waals surface area contributed by atoms with Crippen molar-refractivity contribution in [2.45, 2.75) is 43.7 Å². The third-order valence-electron chi connectivity index (χ3n) is 3.84. The second-order valence-corrected chi connectivity index (χ2v) is 8.12. The Balaban J connectivity index is 2.11. The summed E-state index contributed by atoms with van der Waals surface area (Å²) in [6.45, 7) is 7.49. The summed E-state index contributed by atoms with van der Waals surface area (Å²) in [4.78, 5) is 0. The zero-order valence-electron chi connectivity index (χ0n) is 12.5. The molecule has 4 heteroatoms. The van der Waals surface area contributed by atoms with Crippen molar-refractivity contribution in [1.82, 2.24) is 5.32 Å². The zero-order valence-corrected chi connectivity index (χ0v) is 14.1. The number of nitrogens with one attached hydrogen (secondary N) is 1. The smallest absolute Gasteiger partial charge is 0.123 e. The van der Waals surface area contributed by atoms with Gasteiger partial charge in [0.05, 0.1) is 0 Å². The van der Waals surface area contributed by atoms with Crippen LogP contribution in [0.1, 0.15) is 25.0 Å². The number of benzene rings is 1.